The third-order valence-electron chi connectivity index (χ3n) is 3.13. The predicted molar refractivity (Wildman–Crippen MR) is 77.9 cm³/mol. The molecule has 1 nitrogen and oxygen atoms in total. The van der Waals surface area contributed by atoms with Gasteiger partial charge in [0.05, 0.1) is 0 Å². The van der Waals surface area contributed by atoms with Gasteiger partial charge in [0.15, 0.2) is 0 Å². The van der Waals surface area contributed by atoms with Gasteiger partial charge in [0.2, 0.25) is 0 Å². The van der Waals surface area contributed by atoms with Gasteiger partial charge in [-0.25, -0.2) is 0 Å². The first-order valence-electron chi connectivity index (χ1n) is 6.60. The van der Waals surface area contributed by atoms with Crippen molar-refractivity contribution in [1.29, 1.82) is 0 Å². The highest BCUT2D eigenvalue weighted by atomic mass is 14.9. The molecule has 0 unspecified atom stereocenters. The van der Waals surface area contributed by atoms with E-state index in [1.165, 1.54) is 11.1 Å². The Labute approximate surface area is 110 Å². The first kappa shape index (κ1) is 12.8. The molecule has 0 atom stereocenters. The molecule has 0 bridgehead atoms. The van der Waals surface area contributed by atoms with Gasteiger partial charge in [0, 0.05) is 18.5 Å². The summed E-state index contributed by atoms with van der Waals surface area (Å²) in [6.07, 6.45) is 0. The molecule has 0 radical (unpaired) electrons. The van der Waals surface area contributed by atoms with Crippen molar-refractivity contribution in [1.82, 2.24) is 5.32 Å². The van der Waals surface area contributed by atoms with Gasteiger partial charge in [-0.3, -0.25) is 0 Å². The van der Waals surface area contributed by atoms with Crippen LogP contribution in [0.5, 0.6) is 0 Å². The van der Waals surface area contributed by atoms with Gasteiger partial charge in [-0.1, -0.05) is 74.5 Å². The van der Waals surface area contributed by atoms with E-state index in [0.29, 0.717) is 12.0 Å². The number of nitrogens with one attached hydrogen (secondary N) is 1. The van der Waals surface area contributed by atoms with Gasteiger partial charge in [0.1, 0.15) is 0 Å². The van der Waals surface area contributed by atoms with Crippen LogP contribution in [0.25, 0.3) is 0 Å². The summed E-state index contributed by atoms with van der Waals surface area (Å²) < 4.78 is 0. The monoisotopic (exact) mass is 239 g/mol. The lowest BCUT2D eigenvalue weighted by Crippen LogP contribution is -2.28. The molecule has 0 amide bonds. The zero-order chi connectivity index (χ0) is 12.8. The summed E-state index contributed by atoms with van der Waals surface area (Å²) >= 11 is 0. The number of rotatable bonds is 5. The van der Waals surface area contributed by atoms with Crippen molar-refractivity contribution in [2.75, 3.05) is 6.54 Å². The largest absolute Gasteiger partial charge is 0.314 e. The standard InChI is InChI=1S/C17H21N/c1-14(2)18-13-17(15-9-5-3-6-10-15)16-11-7-4-8-12-16/h3-12,14,17-18H,13H2,1-2H3. The fourth-order valence-corrected chi connectivity index (χ4v) is 2.15. The van der Waals surface area contributed by atoms with E-state index in [9.17, 15) is 0 Å². The van der Waals surface area contributed by atoms with Crippen LogP contribution in [0.1, 0.15) is 30.9 Å². The molecule has 18 heavy (non-hydrogen) atoms. The summed E-state index contributed by atoms with van der Waals surface area (Å²) in [5, 5.41) is 3.54. The Morgan fingerprint density at radius 3 is 1.61 bits per heavy atom. The Hall–Kier alpha value is -1.60. The summed E-state index contributed by atoms with van der Waals surface area (Å²) in [6, 6.07) is 21.9. The van der Waals surface area contributed by atoms with E-state index in [1.807, 2.05) is 0 Å². The fraction of sp³-hybridized carbons (Fsp3) is 0.294. The van der Waals surface area contributed by atoms with Crippen LogP contribution < -0.4 is 5.32 Å². The van der Waals surface area contributed by atoms with Gasteiger partial charge in [-0.15, -0.1) is 0 Å². The van der Waals surface area contributed by atoms with Gasteiger partial charge in [-0.2, -0.15) is 0 Å². The van der Waals surface area contributed by atoms with Crippen LogP contribution in [0, 0.1) is 0 Å². The van der Waals surface area contributed by atoms with Gasteiger partial charge < -0.3 is 5.32 Å². The first-order valence-corrected chi connectivity index (χ1v) is 6.60. The Kier molecular flexibility index (Phi) is 4.54. The number of hydrogen-bond donors (Lipinski definition) is 1. The maximum absolute atomic E-state index is 3.54. The van der Waals surface area contributed by atoms with E-state index >= 15 is 0 Å². The van der Waals surface area contributed by atoms with Crippen molar-refractivity contribution in [2.24, 2.45) is 0 Å². The Morgan fingerprint density at radius 1 is 0.778 bits per heavy atom. The molecule has 0 saturated heterocycles. The van der Waals surface area contributed by atoms with E-state index in [1.54, 1.807) is 0 Å². The molecular formula is C17H21N. The summed E-state index contributed by atoms with van der Waals surface area (Å²) in [7, 11) is 0. The van der Waals surface area contributed by atoms with E-state index in [-0.39, 0.29) is 0 Å². The molecule has 0 aromatic heterocycles. The van der Waals surface area contributed by atoms with Crippen molar-refractivity contribution >= 4 is 0 Å². The molecule has 0 heterocycles. The second-order valence-electron chi connectivity index (χ2n) is 4.94. The van der Waals surface area contributed by atoms with Crippen molar-refractivity contribution in [3.63, 3.8) is 0 Å². The lowest BCUT2D eigenvalue weighted by atomic mass is 9.91. The van der Waals surface area contributed by atoms with E-state index in [4.69, 9.17) is 0 Å². The van der Waals surface area contributed by atoms with Gasteiger partial charge in [0.25, 0.3) is 0 Å². The Morgan fingerprint density at radius 2 is 1.22 bits per heavy atom. The minimum Gasteiger partial charge on any atom is -0.314 e. The molecule has 2 rings (SSSR count). The van der Waals surface area contributed by atoms with Crippen molar-refractivity contribution in [3.05, 3.63) is 71.8 Å². The Bertz CT molecular complexity index is 408. The SMILES string of the molecule is CC(C)NCC(c1ccccc1)c1ccccc1. The van der Waals surface area contributed by atoms with Crippen molar-refractivity contribution < 1.29 is 0 Å². The molecule has 2 aromatic rings. The van der Waals surface area contributed by atoms with Gasteiger partial charge >= 0.3 is 0 Å². The highest BCUT2D eigenvalue weighted by Crippen LogP contribution is 2.23. The average Bonchev–Trinajstić information content (AvgIpc) is 2.41. The third kappa shape index (κ3) is 3.44. The Balaban J connectivity index is 2.24. The summed E-state index contributed by atoms with van der Waals surface area (Å²) in [5.41, 5.74) is 2.74. The van der Waals surface area contributed by atoms with Crippen LogP contribution in [0.4, 0.5) is 0 Å². The molecule has 0 saturated carbocycles. The maximum Gasteiger partial charge on any atom is 0.0214 e. The zero-order valence-corrected chi connectivity index (χ0v) is 11.1. The molecule has 2 aromatic carbocycles. The molecule has 0 aliphatic heterocycles. The first-order chi connectivity index (χ1) is 8.77. The third-order valence-corrected chi connectivity index (χ3v) is 3.13. The average molecular weight is 239 g/mol. The highest BCUT2D eigenvalue weighted by Gasteiger charge is 2.13. The second-order valence-corrected chi connectivity index (χ2v) is 4.94. The van der Waals surface area contributed by atoms with Crippen molar-refractivity contribution in [2.45, 2.75) is 25.8 Å². The highest BCUT2D eigenvalue weighted by molar-refractivity contribution is 5.32. The summed E-state index contributed by atoms with van der Waals surface area (Å²) in [6.45, 7) is 5.35. The molecule has 1 heteroatoms. The van der Waals surface area contributed by atoms with E-state index < -0.39 is 0 Å². The lowest BCUT2D eigenvalue weighted by molar-refractivity contribution is 0.561. The molecule has 0 aliphatic carbocycles. The maximum atomic E-state index is 3.54. The topological polar surface area (TPSA) is 12.0 Å². The molecule has 1 N–H and O–H groups in total. The minimum absolute atomic E-state index is 0.426. The number of hydrogen-bond acceptors (Lipinski definition) is 1. The summed E-state index contributed by atoms with van der Waals surface area (Å²) in [4.78, 5) is 0. The minimum atomic E-state index is 0.426. The second kappa shape index (κ2) is 6.36. The van der Waals surface area contributed by atoms with Gasteiger partial charge in [-0.05, 0) is 11.1 Å². The van der Waals surface area contributed by atoms with Crippen LogP contribution >= 0.6 is 0 Å². The van der Waals surface area contributed by atoms with Crippen LogP contribution in [-0.2, 0) is 0 Å². The predicted octanol–water partition coefficient (Wildman–Crippen LogP) is 3.82. The zero-order valence-electron chi connectivity index (χ0n) is 11.1. The van der Waals surface area contributed by atoms with Crippen LogP contribution in [-0.4, -0.2) is 12.6 Å². The van der Waals surface area contributed by atoms with E-state index in [2.05, 4.69) is 79.8 Å². The molecule has 0 fully saturated rings. The summed E-state index contributed by atoms with van der Waals surface area (Å²) in [5.74, 6) is 0.426. The molecule has 94 valence electrons. The quantitative estimate of drug-likeness (QED) is 0.836. The smallest absolute Gasteiger partial charge is 0.0214 e. The molecule has 0 spiro atoms. The van der Waals surface area contributed by atoms with Crippen LogP contribution in [0.2, 0.25) is 0 Å². The lowest BCUT2D eigenvalue weighted by Gasteiger charge is -2.20. The molecule has 0 aliphatic rings. The van der Waals surface area contributed by atoms with E-state index in [0.717, 1.165) is 6.54 Å². The fourth-order valence-electron chi connectivity index (χ4n) is 2.15. The van der Waals surface area contributed by atoms with Crippen molar-refractivity contribution in [3.8, 4) is 0 Å². The normalized spacial score (nSPS) is 11.1. The van der Waals surface area contributed by atoms with Crippen LogP contribution in [0.3, 0.4) is 0 Å². The number of benzene rings is 2. The molecular weight excluding hydrogens is 218 g/mol. The van der Waals surface area contributed by atoms with Crippen LogP contribution in [0.15, 0.2) is 60.7 Å².